The Kier molecular flexibility index (Phi) is 20.6. The minimum absolute atomic E-state index is 0.0269. The molecule has 0 spiro atoms. The zero-order valence-corrected chi connectivity index (χ0v) is 30.2. The molecule has 3 heterocycles. The summed E-state index contributed by atoms with van der Waals surface area (Å²) in [7, 11) is 3.26. The van der Waals surface area contributed by atoms with Crippen molar-refractivity contribution in [1.82, 2.24) is 26.2 Å². The summed E-state index contributed by atoms with van der Waals surface area (Å²) in [5, 5.41) is 12.2. The first-order valence-corrected chi connectivity index (χ1v) is 18.9. The zero-order chi connectivity index (χ0) is 35.1. The number of methoxy groups -OCH3 is 2. The van der Waals surface area contributed by atoms with Gasteiger partial charge in [-0.2, -0.15) is 11.8 Å². The molecule has 280 valence electrons. The van der Waals surface area contributed by atoms with Crippen LogP contribution in [0.25, 0.3) is 0 Å². The average molecular weight is 714 g/mol. The van der Waals surface area contributed by atoms with Crippen molar-refractivity contribution in [3.8, 4) is 0 Å². The lowest BCUT2D eigenvalue weighted by atomic mass is 10.0. The molecule has 2 saturated heterocycles. The summed E-state index contributed by atoms with van der Waals surface area (Å²) < 4.78 is 27.6. The van der Waals surface area contributed by atoms with Crippen LogP contribution in [-0.2, 0) is 38.1 Å². The standard InChI is InChI=1S/C34H59N5O9S/c1-44-27-10-5-6-17-39(24-28(27)45-2)32(42)14-7-13-31(41)36-16-9-19-47-21-23-48-22-20-46-18-8-15-35-30(40)12-4-3-11-29-33-26(25-49-29)37-34(43)38-33/h5,10,26-29,33H,3-4,6-9,11-25H2,1-2H3,(H,35,40)(H,36,41)(H2,37,38,43). The summed E-state index contributed by atoms with van der Waals surface area (Å²) in [5.41, 5.74) is 0. The highest BCUT2D eigenvalue weighted by Crippen LogP contribution is 2.33. The number of hydrogen-bond donors (Lipinski definition) is 4. The number of carbonyl (C=O) groups excluding carboxylic acids is 4. The fourth-order valence-corrected chi connectivity index (χ4v) is 7.56. The number of fused-ring (bicyclic) bond motifs is 1. The van der Waals surface area contributed by atoms with E-state index in [2.05, 4.69) is 21.3 Å². The number of unbranched alkanes of at least 4 members (excludes halogenated alkanes) is 1. The topological polar surface area (TPSA) is 166 Å². The van der Waals surface area contributed by atoms with Crippen molar-refractivity contribution < 1.29 is 42.9 Å². The SMILES string of the molecule is COC1C=CCCN(C(=O)CCCC(=O)NCCCOCCOCCOCCCNC(=O)CCCCC2SCC3NC(=O)NC32)CC1OC. The number of ether oxygens (including phenoxy) is 5. The highest BCUT2D eigenvalue weighted by atomic mass is 32.2. The summed E-state index contributed by atoms with van der Waals surface area (Å²) in [6.07, 6.45) is 10.3. The van der Waals surface area contributed by atoms with Gasteiger partial charge in [-0.05, 0) is 38.5 Å². The van der Waals surface area contributed by atoms with E-state index in [-0.39, 0.29) is 48.0 Å². The van der Waals surface area contributed by atoms with Gasteiger partial charge in [0.15, 0.2) is 0 Å². The highest BCUT2D eigenvalue weighted by molar-refractivity contribution is 8.00. The Hall–Kier alpha value is -2.43. The van der Waals surface area contributed by atoms with Crippen LogP contribution in [0.2, 0.25) is 0 Å². The number of thioether (sulfide) groups is 1. The first kappa shape index (κ1) is 41.0. The first-order chi connectivity index (χ1) is 23.9. The molecule has 14 nitrogen and oxygen atoms in total. The number of urea groups is 1. The van der Waals surface area contributed by atoms with Crippen molar-refractivity contribution >= 4 is 35.5 Å². The van der Waals surface area contributed by atoms with E-state index in [1.165, 1.54) is 0 Å². The molecule has 5 amide bonds. The number of amides is 5. The van der Waals surface area contributed by atoms with Crippen LogP contribution in [-0.4, -0.2) is 144 Å². The summed E-state index contributed by atoms with van der Waals surface area (Å²) in [6, 6.07) is 0.408. The molecule has 5 atom stereocenters. The van der Waals surface area contributed by atoms with Crippen LogP contribution in [0.4, 0.5) is 4.79 Å². The first-order valence-electron chi connectivity index (χ1n) is 17.9. The Balaban J connectivity index is 1.03. The van der Waals surface area contributed by atoms with Gasteiger partial charge in [-0.1, -0.05) is 18.6 Å². The molecule has 3 aliphatic rings. The predicted molar refractivity (Wildman–Crippen MR) is 187 cm³/mol. The molecule has 0 aliphatic carbocycles. The smallest absolute Gasteiger partial charge is 0.315 e. The quantitative estimate of drug-likeness (QED) is 0.0623. The van der Waals surface area contributed by atoms with Crippen LogP contribution >= 0.6 is 11.8 Å². The van der Waals surface area contributed by atoms with E-state index >= 15 is 0 Å². The number of hydrogen-bond acceptors (Lipinski definition) is 10. The summed E-state index contributed by atoms with van der Waals surface area (Å²) >= 11 is 1.90. The number of nitrogens with one attached hydrogen (secondary N) is 4. The lowest BCUT2D eigenvalue weighted by Gasteiger charge is -2.31. The molecule has 3 aliphatic heterocycles. The van der Waals surface area contributed by atoms with E-state index in [1.54, 1.807) is 19.1 Å². The molecule has 15 heteroatoms. The Morgan fingerprint density at radius 1 is 0.837 bits per heavy atom. The molecular weight excluding hydrogens is 654 g/mol. The third-order valence-corrected chi connectivity index (χ3v) is 10.3. The molecule has 2 fully saturated rings. The van der Waals surface area contributed by atoms with Crippen LogP contribution in [0, 0.1) is 0 Å². The van der Waals surface area contributed by atoms with Gasteiger partial charge in [0.25, 0.3) is 0 Å². The van der Waals surface area contributed by atoms with Crippen LogP contribution in [0.5, 0.6) is 0 Å². The lowest BCUT2D eigenvalue weighted by molar-refractivity contribution is -0.134. The van der Waals surface area contributed by atoms with Gasteiger partial charge in [-0.25, -0.2) is 4.79 Å². The van der Waals surface area contributed by atoms with Crippen LogP contribution in [0.15, 0.2) is 12.2 Å². The maximum Gasteiger partial charge on any atom is 0.315 e. The molecule has 49 heavy (non-hydrogen) atoms. The molecule has 0 aromatic rings. The second-order valence-corrected chi connectivity index (χ2v) is 13.8. The van der Waals surface area contributed by atoms with Gasteiger partial charge in [-0.3, -0.25) is 14.4 Å². The van der Waals surface area contributed by atoms with E-state index < -0.39 is 0 Å². The third kappa shape index (κ3) is 16.4. The maximum absolute atomic E-state index is 12.7. The fraction of sp³-hybridized carbons (Fsp3) is 0.824. The number of carbonyl (C=O) groups is 4. The zero-order valence-electron chi connectivity index (χ0n) is 29.4. The van der Waals surface area contributed by atoms with Crippen molar-refractivity contribution in [2.75, 3.05) is 85.8 Å². The minimum Gasteiger partial charge on any atom is -0.379 e. The van der Waals surface area contributed by atoms with E-state index in [1.807, 2.05) is 23.9 Å². The minimum atomic E-state index is -0.222. The van der Waals surface area contributed by atoms with Crippen molar-refractivity contribution in [2.45, 2.75) is 93.7 Å². The Morgan fingerprint density at radius 3 is 2.14 bits per heavy atom. The summed E-state index contributed by atoms with van der Waals surface area (Å²) in [5.74, 6) is 0.995. The monoisotopic (exact) mass is 713 g/mol. The van der Waals surface area contributed by atoms with Crippen LogP contribution < -0.4 is 21.3 Å². The second kappa shape index (κ2) is 24.7. The molecule has 0 bridgehead atoms. The molecule has 0 radical (unpaired) electrons. The van der Waals surface area contributed by atoms with E-state index in [4.69, 9.17) is 23.7 Å². The second-order valence-electron chi connectivity index (χ2n) is 12.5. The van der Waals surface area contributed by atoms with Gasteiger partial charge in [0, 0.05) is 83.9 Å². The Morgan fingerprint density at radius 2 is 1.49 bits per heavy atom. The molecule has 0 saturated carbocycles. The van der Waals surface area contributed by atoms with Crippen molar-refractivity contribution in [3.05, 3.63) is 12.2 Å². The van der Waals surface area contributed by atoms with Gasteiger partial charge < -0.3 is 49.9 Å². The van der Waals surface area contributed by atoms with Crippen molar-refractivity contribution in [1.29, 1.82) is 0 Å². The summed E-state index contributed by atoms with van der Waals surface area (Å²) in [6.45, 7) is 5.20. The van der Waals surface area contributed by atoms with Crippen LogP contribution in [0.1, 0.15) is 64.2 Å². The fourth-order valence-electron chi connectivity index (χ4n) is 6.02. The maximum atomic E-state index is 12.7. The number of nitrogens with zero attached hydrogens (tertiary/aromatic N) is 1. The molecule has 4 N–H and O–H groups in total. The predicted octanol–water partition coefficient (Wildman–Crippen LogP) is 1.76. The Bertz CT molecular complexity index is 1020. The molecule has 0 aromatic carbocycles. The molecule has 0 aromatic heterocycles. The number of rotatable bonds is 25. The van der Waals surface area contributed by atoms with Gasteiger partial charge in [-0.15, -0.1) is 0 Å². The van der Waals surface area contributed by atoms with Gasteiger partial charge >= 0.3 is 6.03 Å². The van der Waals surface area contributed by atoms with Crippen molar-refractivity contribution in [2.24, 2.45) is 0 Å². The Labute approximate surface area is 295 Å². The highest BCUT2D eigenvalue weighted by Gasteiger charge is 2.42. The van der Waals surface area contributed by atoms with Crippen molar-refractivity contribution in [3.63, 3.8) is 0 Å². The third-order valence-electron chi connectivity index (χ3n) is 8.78. The largest absolute Gasteiger partial charge is 0.379 e. The summed E-state index contributed by atoms with van der Waals surface area (Å²) in [4.78, 5) is 50.2. The van der Waals surface area contributed by atoms with E-state index in [9.17, 15) is 19.2 Å². The van der Waals surface area contributed by atoms with E-state index in [0.29, 0.717) is 103 Å². The average Bonchev–Trinajstić information content (AvgIpc) is 3.64. The van der Waals surface area contributed by atoms with Gasteiger partial charge in [0.1, 0.15) is 12.2 Å². The van der Waals surface area contributed by atoms with Crippen LogP contribution in [0.3, 0.4) is 0 Å². The van der Waals surface area contributed by atoms with E-state index in [0.717, 1.165) is 37.9 Å². The normalized spacial score (nSPS) is 23.3. The molecule has 5 unspecified atom stereocenters. The molecule has 3 rings (SSSR count). The van der Waals surface area contributed by atoms with Gasteiger partial charge in [0.2, 0.25) is 17.7 Å². The van der Waals surface area contributed by atoms with Gasteiger partial charge in [0.05, 0.1) is 38.5 Å². The lowest BCUT2D eigenvalue weighted by Crippen LogP contribution is -2.44. The molecular formula is C34H59N5O9S.